The van der Waals surface area contributed by atoms with Crippen LogP contribution in [0.3, 0.4) is 0 Å². The molecule has 138 valence electrons. The lowest BCUT2D eigenvalue weighted by molar-refractivity contribution is -0.00647. The second kappa shape index (κ2) is 7.11. The Kier molecular flexibility index (Phi) is 6.51. The highest BCUT2D eigenvalue weighted by molar-refractivity contribution is 7.90. The molecule has 0 amide bonds. The summed E-state index contributed by atoms with van der Waals surface area (Å²) < 4.78 is 42.6. The number of rotatable bonds is 3. The summed E-state index contributed by atoms with van der Waals surface area (Å²) in [4.78, 5) is 2.24. The molecule has 2 aliphatic heterocycles. The van der Waals surface area contributed by atoms with Crippen LogP contribution < -0.4 is 15.6 Å². The summed E-state index contributed by atoms with van der Waals surface area (Å²) in [5.74, 6) is 0. The van der Waals surface area contributed by atoms with Gasteiger partial charge >= 0.3 is 0 Å². The predicted octanol–water partition coefficient (Wildman–Crippen LogP) is -1.18. The maximum Gasteiger partial charge on any atom is 0.214 e. The van der Waals surface area contributed by atoms with Crippen LogP contribution in [0.1, 0.15) is 26.7 Å². The molecule has 8 nitrogen and oxygen atoms in total. The zero-order valence-corrected chi connectivity index (χ0v) is 15.9. The standard InChI is InChI=1S/C9H18N2O2S.C3H8N2O2S.ClH/c1-9(2)3-7(4-9)11-5-8(6-11)14(10,12)13;4-8(6,7)3-1-5-2-3;/h7-8H,3-6H2,1-2H3,(H2,10,12,13);3,5H,1-2H2,(H2,4,6,7);1H. The third-order valence-electron chi connectivity index (χ3n) is 4.64. The van der Waals surface area contributed by atoms with E-state index in [4.69, 9.17) is 10.3 Å². The molecule has 0 atom stereocenters. The van der Waals surface area contributed by atoms with Crippen LogP contribution in [-0.2, 0) is 20.0 Å². The van der Waals surface area contributed by atoms with Crippen LogP contribution >= 0.6 is 12.4 Å². The predicted molar refractivity (Wildman–Crippen MR) is 92.3 cm³/mol. The minimum atomic E-state index is -3.29. The number of primary sulfonamides is 2. The molecule has 0 bridgehead atoms. The fourth-order valence-corrected chi connectivity index (χ4v) is 4.44. The molecule has 1 aliphatic carbocycles. The Morgan fingerprint density at radius 3 is 1.61 bits per heavy atom. The summed E-state index contributed by atoms with van der Waals surface area (Å²) in [7, 11) is -6.52. The van der Waals surface area contributed by atoms with E-state index in [1.807, 2.05) is 0 Å². The summed E-state index contributed by atoms with van der Waals surface area (Å²) in [5.41, 5.74) is 0.456. The number of hydrogen-bond acceptors (Lipinski definition) is 6. The van der Waals surface area contributed by atoms with E-state index >= 15 is 0 Å². The van der Waals surface area contributed by atoms with Gasteiger partial charge in [0.25, 0.3) is 0 Å². The number of nitrogens with two attached hydrogens (primary N) is 2. The van der Waals surface area contributed by atoms with Crippen molar-refractivity contribution < 1.29 is 16.8 Å². The molecule has 0 aromatic rings. The van der Waals surface area contributed by atoms with Crippen molar-refractivity contribution in [2.75, 3.05) is 26.2 Å². The van der Waals surface area contributed by atoms with Crippen molar-refractivity contribution in [2.24, 2.45) is 15.7 Å². The topological polar surface area (TPSA) is 136 Å². The van der Waals surface area contributed by atoms with Gasteiger partial charge in [-0.05, 0) is 18.3 Å². The van der Waals surface area contributed by atoms with Gasteiger partial charge in [0, 0.05) is 32.2 Å². The van der Waals surface area contributed by atoms with Gasteiger partial charge in [-0.15, -0.1) is 12.4 Å². The van der Waals surface area contributed by atoms with Crippen LogP contribution in [0.5, 0.6) is 0 Å². The van der Waals surface area contributed by atoms with Crippen molar-refractivity contribution in [3.63, 3.8) is 0 Å². The lowest BCUT2D eigenvalue weighted by atomic mass is 9.67. The third-order valence-corrected chi connectivity index (χ3v) is 7.13. The van der Waals surface area contributed by atoms with E-state index < -0.39 is 20.0 Å². The maximum atomic E-state index is 11.0. The Morgan fingerprint density at radius 1 is 0.957 bits per heavy atom. The van der Waals surface area contributed by atoms with Gasteiger partial charge in [-0.1, -0.05) is 13.8 Å². The molecule has 0 aromatic heterocycles. The molecule has 0 radical (unpaired) electrons. The second-order valence-electron chi connectivity index (χ2n) is 7.26. The van der Waals surface area contributed by atoms with E-state index in [1.165, 1.54) is 12.8 Å². The van der Waals surface area contributed by atoms with Gasteiger partial charge in [0.05, 0.1) is 5.25 Å². The van der Waals surface area contributed by atoms with Gasteiger partial charge in [-0.2, -0.15) is 0 Å². The zero-order chi connectivity index (χ0) is 16.8. The van der Waals surface area contributed by atoms with Crippen molar-refractivity contribution >= 4 is 32.5 Å². The van der Waals surface area contributed by atoms with E-state index in [0.29, 0.717) is 37.6 Å². The molecular weight excluding hydrogens is 364 g/mol. The normalized spacial score (nSPS) is 25.9. The Labute approximate surface area is 144 Å². The zero-order valence-electron chi connectivity index (χ0n) is 13.4. The highest BCUT2D eigenvalue weighted by Crippen LogP contribution is 2.44. The number of sulfonamides is 2. The van der Waals surface area contributed by atoms with Crippen LogP contribution in [-0.4, -0.2) is 64.5 Å². The molecule has 0 aromatic carbocycles. The second-order valence-corrected chi connectivity index (χ2v) is 10.9. The number of nitrogens with one attached hydrogen (secondary N) is 1. The van der Waals surface area contributed by atoms with Crippen molar-refractivity contribution in [1.82, 2.24) is 10.2 Å². The molecule has 5 N–H and O–H groups in total. The van der Waals surface area contributed by atoms with Gasteiger partial charge in [0.1, 0.15) is 5.25 Å². The highest BCUT2D eigenvalue weighted by atomic mass is 35.5. The summed E-state index contributed by atoms with van der Waals surface area (Å²) in [6.07, 6.45) is 2.37. The summed E-state index contributed by atoms with van der Waals surface area (Å²) in [6.45, 7) is 6.80. The molecule has 3 fully saturated rings. The van der Waals surface area contributed by atoms with E-state index in [-0.39, 0.29) is 22.9 Å². The van der Waals surface area contributed by atoms with E-state index in [2.05, 4.69) is 24.1 Å². The average molecular weight is 391 g/mol. The van der Waals surface area contributed by atoms with Gasteiger partial charge in [0.2, 0.25) is 20.0 Å². The summed E-state index contributed by atoms with van der Waals surface area (Å²) in [5, 5.41) is 12.0. The molecule has 1 saturated carbocycles. The van der Waals surface area contributed by atoms with Crippen LogP contribution in [0.25, 0.3) is 0 Å². The molecule has 2 saturated heterocycles. The first kappa shape index (κ1) is 21.1. The average Bonchev–Trinajstić information content (AvgIpc) is 2.03. The van der Waals surface area contributed by atoms with Crippen molar-refractivity contribution in [3.8, 4) is 0 Å². The van der Waals surface area contributed by atoms with Gasteiger partial charge in [-0.3, -0.25) is 4.90 Å². The fraction of sp³-hybridized carbons (Fsp3) is 1.00. The number of nitrogens with zero attached hydrogens (tertiary/aromatic N) is 1. The molecule has 3 rings (SSSR count). The molecular formula is C12H27ClN4O4S2. The first-order valence-electron chi connectivity index (χ1n) is 7.36. The lowest BCUT2D eigenvalue weighted by Gasteiger charge is -2.53. The monoisotopic (exact) mass is 390 g/mol. The molecule has 0 spiro atoms. The first-order chi connectivity index (χ1) is 9.88. The van der Waals surface area contributed by atoms with Gasteiger partial charge in [0.15, 0.2) is 0 Å². The Hall–Kier alpha value is 0.0300. The van der Waals surface area contributed by atoms with Crippen LogP contribution in [0.2, 0.25) is 0 Å². The van der Waals surface area contributed by atoms with Crippen molar-refractivity contribution in [1.29, 1.82) is 0 Å². The van der Waals surface area contributed by atoms with Crippen LogP contribution in [0.4, 0.5) is 0 Å². The molecule has 23 heavy (non-hydrogen) atoms. The van der Waals surface area contributed by atoms with E-state index in [1.54, 1.807) is 0 Å². The quantitative estimate of drug-likeness (QED) is 0.554. The Balaban J connectivity index is 0.000000253. The first-order valence-corrected chi connectivity index (χ1v) is 10.6. The number of halogens is 1. The van der Waals surface area contributed by atoms with Gasteiger partial charge < -0.3 is 5.32 Å². The molecule has 0 unspecified atom stereocenters. The molecule has 2 heterocycles. The molecule has 3 aliphatic rings. The number of likely N-dealkylation sites (tertiary alicyclic amines) is 1. The smallest absolute Gasteiger partial charge is 0.214 e. The lowest BCUT2D eigenvalue weighted by Crippen LogP contribution is -2.63. The SMILES string of the molecule is CC1(C)CC(N2CC(S(N)(=O)=O)C2)C1.Cl.NS(=O)(=O)C1CNC1. The van der Waals surface area contributed by atoms with Crippen molar-refractivity contribution in [2.45, 2.75) is 43.2 Å². The van der Waals surface area contributed by atoms with E-state index in [0.717, 1.165) is 0 Å². The summed E-state index contributed by atoms with van der Waals surface area (Å²) in [6, 6.07) is 0.600. The van der Waals surface area contributed by atoms with Gasteiger partial charge in [-0.25, -0.2) is 27.1 Å². The minimum Gasteiger partial charge on any atom is -0.314 e. The summed E-state index contributed by atoms with van der Waals surface area (Å²) >= 11 is 0. The minimum absolute atomic E-state index is 0. The van der Waals surface area contributed by atoms with Crippen LogP contribution in [0.15, 0.2) is 0 Å². The fourth-order valence-electron chi connectivity index (χ4n) is 2.94. The molecule has 11 heteroatoms. The maximum absolute atomic E-state index is 11.0. The Morgan fingerprint density at radius 2 is 1.39 bits per heavy atom. The number of hydrogen-bond donors (Lipinski definition) is 3. The third kappa shape index (κ3) is 5.52. The van der Waals surface area contributed by atoms with E-state index in [9.17, 15) is 16.8 Å². The Bertz CT molecular complexity index is 605. The largest absolute Gasteiger partial charge is 0.314 e. The highest BCUT2D eigenvalue weighted by Gasteiger charge is 2.46. The van der Waals surface area contributed by atoms with Crippen molar-refractivity contribution in [3.05, 3.63) is 0 Å². The van der Waals surface area contributed by atoms with Crippen LogP contribution in [0, 0.1) is 5.41 Å².